The molecule has 0 aliphatic carbocycles. The van der Waals surface area contributed by atoms with Crippen LogP contribution in [0.25, 0.3) is 0 Å². The van der Waals surface area contributed by atoms with Crippen molar-refractivity contribution in [2.75, 3.05) is 10.8 Å². The average Bonchev–Trinajstić information content (AvgIpc) is 2.85. The van der Waals surface area contributed by atoms with Crippen LogP contribution < -0.4 is 9.62 Å². The van der Waals surface area contributed by atoms with Gasteiger partial charge in [0, 0.05) is 27.7 Å². The van der Waals surface area contributed by atoms with Crippen molar-refractivity contribution in [2.24, 2.45) is 0 Å². The van der Waals surface area contributed by atoms with Crippen LogP contribution in [0.3, 0.4) is 0 Å². The Bertz CT molecular complexity index is 1360. The van der Waals surface area contributed by atoms with E-state index < -0.39 is 28.5 Å². The van der Waals surface area contributed by atoms with Crippen LogP contribution in [-0.2, 0) is 26.2 Å². The summed E-state index contributed by atoms with van der Waals surface area (Å²) in [6, 6.07) is 17.8. The van der Waals surface area contributed by atoms with Gasteiger partial charge in [-0.2, -0.15) is 0 Å². The molecule has 0 bridgehead atoms. The van der Waals surface area contributed by atoms with Gasteiger partial charge in [-0.15, -0.1) is 0 Å². The summed E-state index contributed by atoms with van der Waals surface area (Å²) in [7, 11) is -4.21. The largest absolute Gasteiger partial charge is 0.352 e. The SMILES string of the molecule is CC(C)NC(=O)[C@H](C)N(Cc1ccc(Cl)cc1)C(=O)CN(c1cc(Cl)cc(Cl)c1)S(=O)(=O)c1ccccc1. The van der Waals surface area contributed by atoms with E-state index >= 15 is 0 Å². The van der Waals surface area contributed by atoms with Crippen LogP contribution >= 0.6 is 34.8 Å². The van der Waals surface area contributed by atoms with E-state index in [1.165, 1.54) is 35.2 Å². The highest BCUT2D eigenvalue weighted by Gasteiger charge is 2.33. The molecule has 38 heavy (non-hydrogen) atoms. The molecule has 0 spiro atoms. The molecule has 202 valence electrons. The van der Waals surface area contributed by atoms with E-state index in [-0.39, 0.29) is 39.1 Å². The number of amides is 2. The molecule has 3 aromatic carbocycles. The Balaban J connectivity index is 2.05. The summed E-state index contributed by atoms with van der Waals surface area (Å²) in [6.07, 6.45) is 0. The molecule has 11 heteroatoms. The van der Waals surface area contributed by atoms with Gasteiger partial charge in [0.15, 0.2) is 0 Å². The molecule has 1 atom stereocenters. The number of nitrogens with one attached hydrogen (secondary N) is 1. The van der Waals surface area contributed by atoms with Crippen molar-refractivity contribution >= 4 is 62.3 Å². The fourth-order valence-electron chi connectivity index (χ4n) is 3.71. The van der Waals surface area contributed by atoms with Gasteiger partial charge in [-0.1, -0.05) is 65.1 Å². The van der Waals surface area contributed by atoms with Gasteiger partial charge < -0.3 is 10.2 Å². The van der Waals surface area contributed by atoms with Crippen molar-refractivity contribution in [3.8, 4) is 0 Å². The number of anilines is 1. The Hall–Kier alpha value is -2.78. The van der Waals surface area contributed by atoms with E-state index in [9.17, 15) is 18.0 Å². The minimum atomic E-state index is -4.21. The fourth-order valence-corrected chi connectivity index (χ4v) is 5.77. The monoisotopic (exact) mass is 595 g/mol. The van der Waals surface area contributed by atoms with E-state index in [0.717, 1.165) is 9.87 Å². The zero-order valence-electron chi connectivity index (χ0n) is 21.1. The Labute approximate surface area is 238 Å². The van der Waals surface area contributed by atoms with Gasteiger partial charge in [0.05, 0.1) is 10.6 Å². The highest BCUT2D eigenvalue weighted by atomic mass is 35.5. The number of hydrogen-bond acceptors (Lipinski definition) is 4. The molecule has 0 aliphatic rings. The van der Waals surface area contributed by atoms with Gasteiger partial charge in [-0.3, -0.25) is 13.9 Å². The van der Waals surface area contributed by atoms with Gasteiger partial charge in [0.2, 0.25) is 11.8 Å². The second-order valence-electron chi connectivity index (χ2n) is 8.94. The van der Waals surface area contributed by atoms with Crippen LogP contribution in [0.15, 0.2) is 77.7 Å². The third-order valence-corrected chi connectivity index (χ3v) is 8.09. The average molecular weight is 597 g/mol. The van der Waals surface area contributed by atoms with Crippen molar-refractivity contribution in [3.63, 3.8) is 0 Å². The van der Waals surface area contributed by atoms with Crippen LogP contribution in [0.4, 0.5) is 5.69 Å². The molecule has 0 saturated carbocycles. The standard InChI is InChI=1S/C27H28Cl3N3O4S/c1-18(2)31-27(35)19(3)32(16-20-9-11-21(28)12-10-20)26(34)17-33(24-14-22(29)13-23(30)15-24)38(36,37)25-7-5-4-6-8-25/h4-15,18-19H,16-17H2,1-3H3,(H,31,35)/t19-/m0/s1. The Morgan fingerprint density at radius 3 is 1.97 bits per heavy atom. The van der Waals surface area contributed by atoms with E-state index in [1.54, 1.807) is 49.4 Å². The summed E-state index contributed by atoms with van der Waals surface area (Å²) in [5, 5.41) is 3.74. The van der Waals surface area contributed by atoms with Gasteiger partial charge in [0.25, 0.3) is 10.0 Å². The number of sulfonamides is 1. The topological polar surface area (TPSA) is 86.8 Å². The first-order chi connectivity index (χ1) is 17.9. The maximum atomic E-state index is 13.8. The number of nitrogens with zero attached hydrogens (tertiary/aromatic N) is 2. The Morgan fingerprint density at radius 1 is 0.842 bits per heavy atom. The number of hydrogen-bond donors (Lipinski definition) is 1. The molecule has 0 unspecified atom stereocenters. The quantitative estimate of drug-likeness (QED) is 0.321. The normalized spacial score (nSPS) is 12.2. The van der Waals surface area contributed by atoms with Crippen molar-refractivity contribution in [2.45, 2.75) is 44.3 Å². The second-order valence-corrected chi connectivity index (χ2v) is 12.1. The lowest BCUT2D eigenvalue weighted by Crippen LogP contribution is -2.52. The smallest absolute Gasteiger partial charge is 0.264 e. The van der Waals surface area contributed by atoms with E-state index in [2.05, 4.69) is 5.32 Å². The highest BCUT2D eigenvalue weighted by molar-refractivity contribution is 7.92. The third kappa shape index (κ3) is 7.63. The molecule has 1 N–H and O–H groups in total. The van der Waals surface area contributed by atoms with Crippen LogP contribution in [0.5, 0.6) is 0 Å². The lowest BCUT2D eigenvalue weighted by Gasteiger charge is -2.32. The summed E-state index contributed by atoms with van der Waals surface area (Å²) in [6.45, 7) is 4.68. The van der Waals surface area contributed by atoms with Crippen LogP contribution in [0.1, 0.15) is 26.3 Å². The maximum Gasteiger partial charge on any atom is 0.264 e. The van der Waals surface area contributed by atoms with E-state index in [1.807, 2.05) is 13.8 Å². The van der Waals surface area contributed by atoms with Crippen LogP contribution in [0, 0.1) is 0 Å². The first-order valence-corrected chi connectivity index (χ1v) is 14.3. The molecule has 3 rings (SSSR count). The predicted molar refractivity (Wildman–Crippen MR) is 152 cm³/mol. The molecular formula is C27H28Cl3N3O4S. The maximum absolute atomic E-state index is 13.8. The summed E-state index contributed by atoms with van der Waals surface area (Å²) in [5.74, 6) is -0.965. The van der Waals surface area contributed by atoms with Crippen molar-refractivity contribution in [1.82, 2.24) is 10.2 Å². The molecule has 0 fully saturated rings. The summed E-state index contributed by atoms with van der Waals surface area (Å²) < 4.78 is 28.4. The fraction of sp³-hybridized carbons (Fsp3) is 0.259. The van der Waals surface area contributed by atoms with Crippen LogP contribution in [0.2, 0.25) is 15.1 Å². The molecule has 0 aliphatic heterocycles. The van der Waals surface area contributed by atoms with E-state index in [4.69, 9.17) is 34.8 Å². The molecule has 3 aromatic rings. The van der Waals surface area contributed by atoms with Gasteiger partial charge >= 0.3 is 0 Å². The minimum absolute atomic E-state index is 0.0150. The number of carbonyl (C=O) groups is 2. The third-order valence-electron chi connectivity index (χ3n) is 5.61. The zero-order valence-corrected chi connectivity index (χ0v) is 24.2. The van der Waals surface area contributed by atoms with Gasteiger partial charge in [-0.05, 0) is 68.8 Å². The summed E-state index contributed by atoms with van der Waals surface area (Å²) in [4.78, 5) is 28.1. The first kappa shape index (κ1) is 29.8. The summed E-state index contributed by atoms with van der Waals surface area (Å²) in [5.41, 5.74) is 0.834. The number of halogens is 3. The predicted octanol–water partition coefficient (Wildman–Crippen LogP) is 5.78. The Morgan fingerprint density at radius 2 is 1.42 bits per heavy atom. The second kappa shape index (κ2) is 12.8. The lowest BCUT2D eigenvalue weighted by atomic mass is 10.1. The molecule has 2 amide bonds. The molecule has 7 nitrogen and oxygen atoms in total. The minimum Gasteiger partial charge on any atom is -0.352 e. The lowest BCUT2D eigenvalue weighted by molar-refractivity contribution is -0.139. The molecular weight excluding hydrogens is 569 g/mol. The summed E-state index contributed by atoms with van der Waals surface area (Å²) >= 11 is 18.4. The molecule has 0 heterocycles. The number of carbonyl (C=O) groups excluding carboxylic acids is 2. The zero-order chi connectivity index (χ0) is 28.0. The van der Waals surface area contributed by atoms with Crippen molar-refractivity contribution in [3.05, 3.63) is 93.4 Å². The Kier molecular flexibility index (Phi) is 10.1. The van der Waals surface area contributed by atoms with Crippen molar-refractivity contribution < 1.29 is 18.0 Å². The van der Waals surface area contributed by atoms with E-state index in [0.29, 0.717) is 5.02 Å². The van der Waals surface area contributed by atoms with Gasteiger partial charge in [-0.25, -0.2) is 8.42 Å². The first-order valence-electron chi connectivity index (χ1n) is 11.8. The number of benzene rings is 3. The number of rotatable bonds is 10. The molecule has 0 aromatic heterocycles. The van der Waals surface area contributed by atoms with Gasteiger partial charge in [0.1, 0.15) is 12.6 Å². The highest BCUT2D eigenvalue weighted by Crippen LogP contribution is 2.30. The van der Waals surface area contributed by atoms with Crippen LogP contribution in [-0.4, -0.2) is 43.8 Å². The molecule has 0 radical (unpaired) electrons. The molecule has 0 saturated heterocycles. The van der Waals surface area contributed by atoms with Crippen molar-refractivity contribution in [1.29, 1.82) is 0 Å².